The van der Waals surface area contributed by atoms with Crippen LogP contribution in [-0.4, -0.2) is 78.9 Å². The Kier molecular flexibility index (Phi) is 6.70. The maximum Gasteiger partial charge on any atom is 0.225 e. The van der Waals surface area contributed by atoms with Crippen LogP contribution in [0.1, 0.15) is 32.1 Å². The zero-order valence-corrected chi connectivity index (χ0v) is 17.3. The van der Waals surface area contributed by atoms with Gasteiger partial charge < -0.3 is 14.5 Å². The van der Waals surface area contributed by atoms with Crippen LogP contribution in [0, 0.1) is 11.8 Å². The van der Waals surface area contributed by atoms with Gasteiger partial charge in [-0.05, 0) is 43.7 Å². The maximum absolute atomic E-state index is 12.9. The van der Waals surface area contributed by atoms with Crippen molar-refractivity contribution in [2.24, 2.45) is 11.8 Å². The molecule has 3 fully saturated rings. The van der Waals surface area contributed by atoms with Gasteiger partial charge in [-0.2, -0.15) is 0 Å². The molecule has 2 heterocycles. The van der Waals surface area contributed by atoms with E-state index < -0.39 is 0 Å². The van der Waals surface area contributed by atoms with Crippen LogP contribution in [0.4, 0.5) is 0 Å². The van der Waals surface area contributed by atoms with Crippen LogP contribution in [0.15, 0.2) is 30.3 Å². The molecule has 0 aromatic heterocycles. The van der Waals surface area contributed by atoms with Crippen molar-refractivity contribution in [2.45, 2.75) is 32.1 Å². The Morgan fingerprint density at radius 3 is 2.21 bits per heavy atom. The van der Waals surface area contributed by atoms with Crippen LogP contribution in [0.25, 0.3) is 0 Å². The first-order valence-electron chi connectivity index (χ1n) is 11.2. The minimum Gasteiger partial charge on any atom is -0.493 e. The molecule has 0 spiro atoms. The number of likely N-dealkylation sites (tertiary alicyclic amines) is 1. The third-order valence-corrected chi connectivity index (χ3v) is 6.42. The molecule has 158 valence electrons. The Bertz CT molecular complexity index is 676. The Balaban J connectivity index is 1.14. The summed E-state index contributed by atoms with van der Waals surface area (Å²) in [4.78, 5) is 31.8. The number of piperazine rings is 1. The zero-order chi connectivity index (χ0) is 20.1. The van der Waals surface area contributed by atoms with Gasteiger partial charge in [0, 0.05) is 51.7 Å². The predicted molar refractivity (Wildman–Crippen MR) is 112 cm³/mol. The Morgan fingerprint density at radius 1 is 0.862 bits per heavy atom. The molecule has 4 rings (SSSR count). The van der Waals surface area contributed by atoms with Crippen LogP contribution < -0.4 is 4.74 Å². The lowest BCUT2D eigenvalue weighted by Crippen LogP contribution is -2.52. The smallest absolute Gasteiger partial charge is 0.225 e. The van der Waals surface area contributed by atoms with E-state index in [0.29, 0.717) is 32.0 Å². The van der Waals surface area contributed by atoms with Gasteiger partial charge in [-0.3, -0.25) is 14.5 Å². The number of rotatable bonds is 7. The van der Waals surface area contributed by atoms with E-state index in [0.717, 1.165) is 50.7 Å². The van der Waals surface area contributed by atoms with Crippen LogP contribution in [0.3, 0.4) is 0 Å². The molecule has 0 atom stereocenters. The van der Waals surface area contributed by atoms with E-state index in [4.69, 9.17) is 4.74 Å². The summed E-state index contributed by atoms with van der Waals surface area (Å²) >= 11 is 0. The molecule has 1 aliphatic carbocycles. The lowest BCUT2D eigenvalue weighted by molar-refractivity contribution is -0.142. The second-order valence-corrected chi connectivity index (χ2v) is 8.64. The SMILES string of the molecule is O=C(CCOc1ccccc1)N1CCC(C(=O)N2CCN(CC3CC3)CC2)CC1. The van der Waals surface area contributed by atoms with E-state index in [1.54, 1.807) is 0 Å². The van der Waals surface area contributed by atoms with Crippen LogP contribution >= 0.6 is 0 Å². The normalized spacial score (nSPS) is 21.2. The molecule has 0 N–H and O–H groups in total. The van der Waals surface area contributed by atoms with E-state index in [1.165, 1.54) is 19.4 Å². The molecule has 2 aliphatic heterocycles. The third-order valence-electron chi connectivity index (χ3n) is 6.42. The molecule has 1 saturated carbocycles. The fourth-order valence-electron chi connectivity index (χ4n) is 4.38. The molecule has 1 aromatic rings. The fraction of sp³-hybridized carbons (Fsp3) is 0.652. The van der Waals surface area contributed by atoms with Crippen LogP contribution in [0.2, 0.25) is 0 Å². The second-order valence-electron chi connectivity index (χ2n) is 8.64. The molecular formula is C23H33N3O3. The number of hydrogen-bond acceptors (Lipinski definition) is 4. The standard InChI is InChI=1S/C23H33N3O3/c27-22(10-17-29-21-4-2-1-3-5-21)25-11-8-20(9-12-25)23(28)26-15-13-24(14-16-26)18-19-6-7-19/h1-5,19-20H,6-18H2. The van der Waals surface area contributed by atoms with E-state index in [1.807, 2.05) is 35.2 Å². The lowest BCUT2D eigenvalue weighted by atomic mass is 9.94. The van der Waals surface area contributed by atoms with Crippen molar-refractivity contribution >= 4 is 11.8 Å². The van der Waals surface area contributed by atoms with Gasteiger partial charge >= 0.3 is 0 Å². The summed E-state index contributed by atoms with van der Waals surface area (Å²) in [5.41, 5.74) is 0. The maximum atomic E-state index is 12.9. The summed E-state index contributed by atoms with van der Waals surface area (Å²) in [6.45, 7) is 6.73. The quantitative estimate of drug-likeness (QED) is 0.706. The van der Waals surface area contributed by atoms with Gasteiger partial charge in [0.05, 0.1) is 13.0 Å². The molecule has 0 bridgehead atoms. The summed E-state index contributed by atoms with van der Waals surface area (Å²) in [5, 5.41) is 0. The van der Waals surface area contributed by atoms with E-state index in [-0.39, 0.29) is 11.8 Å². The highest BCUT2D eigenvalue weighted by Gasteiger charge is 2.32. The van der Waals surface area contributed by atoms with Gasteiger partial charge in [0.1, 0.15) is 5.75 Å². The minimum absolute atomic E-state index is 0.0783. The molecule has 2 amide bonds. The van der Waals surface area contributed by atoms with Crippen molar-refractivity contribution in [3.05, 3.63) is 30.3 Å². The van der Waals surface area contributed by atoms with Crippen molar-refractivity contribution < 1.29 is 14.3 Å². The fourth-order valence-corrected chi connectivity index (χ4v) is 4.38. The first-order chi connectivity index (χ1) is 14.2. The lowest BCUT2D eigenvalue weighted by Gasteiger charge is -2.38. The molecular weight excluding hydrogens is 366 g/mol. The molecule has 29 heavy (non-hydrogen) atoms. The zero-order valence-electron chi connectivity index (χ0n) is 17.3. The number of piperidine rings is 1. The van der Waals surface area contributed by atoms with E-state index >= 15 is 0 Å². The largest absolute Gasteiger partial charge is 0.493 e. The van der Waals surface area contributed by atoms with Gasteiger partial charge in [-0.15, -0.1) is 0 Å². The first-order valence-corrected chi connectivity index (χ1v) is 11.2. The number of para-hydroxylation sites is 1. The number of carbonyl (C=O) groups excluding carboxylic acids is 2. The van der Waals surface area contributed by atoms with E-state index in [2.05, 4.69) is 9.80 Å². The molecule has 6 nitrogen and oxygen atoms in total. The van der Waals surface area contributed by atoms with Gasteiger partial charge in [-0.1, -0.05) is 18.2 Å². The molecule has 2 saturated heterocycles. The van der Waals surface area contributed by atoms with Gasteiger partial charge in [-0.25, -0.2) is 0 Å². The number of hydrogen-bond donors (Lipinski definition) is 0. The van der Waals surface area contributed by atoms with Crippen molar-refractivity contribution in [2.75, 3.05) is 52.4 Å². The number of nitrogens with zero attached hydrogens (tertiary/aromatic N) is 3. The number of benzene rings is 1. The minimum atomic E-state index is 0.0783. The van der Waals surface area contributed by atoms with Crippen molar-refractivity contribution in [1.29, 1.82) is 0 Å². The summed E-state index contributed by atoms with van der Waals surface area (Å²) < 4.78 is 5.63. The topological polar surface area (TPSA) is 53.1 Å². The molecule has 3 aliphatic rings. The van der Waals surface area contributed by atoms with E-state index in [9.17, 15) is 9.59 Å². The number of amides is 2. The highest BCUT2D eigenvalue weighted by molar-refractivity contribution is 5.80. The first kappa shape index (κ1) is 20.2. The van der Waals surface area contributed by atoms with Crippen LogP contribution in [-0.2, 0) is 9.59 Å². The summed E-state index contributed by atoms with van der Waals surface area (Å²) in [7, 11) is 0. The summed E-state index contributed by atoms with van der Waals surface area (Å²) in [6.07, 6.45) is 4.72. The number of carbonyl (C=O) groups is 2. The average molecular weight is 400 g/mol. The Morgan fingerprint density at radius 2 is 1.55 bits per heavy atom. The van der Waals surface area contributed by atoms with Crippen molar-refractivity contribution in [3.63, 3.8) is 0 Å². The van der Waals surface area contributed by atoms with Crippen LogP contribution in [0.5, 0.6) is 5.75 Å². The molecule has 6 heteroatoms. The highest BCUT2D eigenvalue weighted by atomic mass is 16.5. The Labute approximate surface area is 173 Å². The predicted octanol–water partition coefficient (Wildman–Crippen LogP) is 2.25. The third kappa shape index (κ3) is 5.72. The monoisotopic (exact) mass is 399 g/mol. The second kappa shape index (κ2) is 9.61. The molecule has 0 unspecified atom stereocenters. The molecule has 1 aromatic carbocycles. The van der Waals surface area contributed by atoms with Gasteiger partial charge in [0.2, 0.25) is 11.8 Å². The van der Waals surface area contributed by atoms with Gasteiger partial charge in [0.15, 0.2) is 0 Å². The molecule has 0 radical (unpaired) electrons. The Hall–Kier alpha value is -2.08. The van der Waals surface area contributed by atoms with Crippen molar-refractivity contribution in [1.82, 2.24) is 14.7 Å². The summed E-state index contributed by atoms with van der Waals surface area (Å²) in [6, 6.07) is 9.58. The highest BCUT2D eigenvalue weighted by Crippen LogP contribution is 2.30. The van der Waals surface area contributed by atoms with Crippen molar-refractivity contribution in [3.8, 4) is 5.75 Å². The summed E-state index contributed by atoms with van der Waals surface area (Å²) in [5.74, 6) is 2.21. The average Bonchev–Trinajstić information content (AvgIpc) is 3.59. The van der Waals surface area contributed by atoms with Gasteiger partial charge in [0.25, 0.3) is 0 Å². The number of ether oxygens (including phenoxy) is 1.